The van der Waals surface area contributed by atoms with Gasteiger partial charge in [-0.2, -0.15) is 0 Å². The van der Waals surface area contributed by atoms with Crippen LogP contribution in [-0.4, -0.2) is 25.5 Å². The predicted octanol–water partition coefficient (Wildman–Crippen LogP) is 3.80. The number of hydrogen-bond donors (Lipinski definition) is 2. The molecule has 0 saturated heterocycles. The van der Waals surface area contributed by atoms with E-state index in [1.807, 2.05) is 31.2 Å². The van der Waals surface area contributed by atoms with Gasteiger partial charge >= 0.3 is 0 Å². The first-order valence-corrected chi connectivity index (χ1v) is 8.29. The molecule has 0 spiro atoms. The third-order valence-corrected chi connectivity index (χ3v) is 3.82. The zero-order chi connectivity index (χ0) is 18.2. The maximum absolute atomic E-state index is 12.1. The largest absolute Gasteiger partial charge is 0.375 e. The second kappa shape index (κ2) is 9.20. The molecule has 2 N–H and O–H groups in total. The number of aryl methyl sites for hydroxylation is 2. The number of amides is 2. The number of benzene rings is 2. The lowest BCUT2D eigenvalue weighted by molar-refractivity contribution is -0.119. The number of methoxy groups -OCH3 is 1. The minimum absolute atomic E-state index is 0.00142. The molecule has 0 fully saturated rings. The third kappa shape index (κ3) is 6.21. The minimum Gasteiger partial charge on any atom is -0.375 e. The first-order chi connectivity index (χ1) is 12.0. The lowest BCUT2D eigenvalue weighted by Crippen LogP contribution is -2.18. The Kier molecular flexibility index (Phi) is 6.98. The van der Waals surface area contributed by atoms with Gasteiger partial charge in [-0.15, -0.1) is 0 Å². The average Bonchev–Trinajstić information content (AvgIpc) is 2.56. The van der Waals surface area contributed by atoms with Crippen molar-refractivity contribution in [1.82, 2.24) is 0 Å². The SMILES string of the molecule is COCC(=O)Nc1ccc(NC(=O)CCc2cccc(Cl)c2)cc1C. The normalized spacial score (nSPS) is 10.4. The number of nitrogens with one attached hydrogen (secondary N) is 2. The number of hydrogen-bond acceptors (Lipinski definition) is 3. The highest BCUT2D eigenvalue weighted by Crippen LogP contribution is 2.20. The monoisotopic (exact) mass is 360 g/mol. The van der Waals surface area contributed by atoms with Crippen LogP contribution in [0.1, 0.15) is 17.5 Å². The van der Waals surface area contributed by atoms with E-state index in [9.17, 15) is 9.59 Å². The molecule has 2 aromatic carbocycles. The summed E-state index contributed by atoms with van der Waals surface area (Å²) in [6, 6.07) is 12.8. The van der Waals surface area contributed by atoms with Crippen molar-refractivity contribution in [3.8, 4) is 0 Å². The third-order valence-electron chi connectivity index (χ3n) is 3.59. The van der Waals surface area contributed by atoms with Crippen molar-refractivity contribution in [2.24, 2.45) is 0 Å². The average molecular weight is 361 g/mol. The van der Waals surface area contributed by atoms with Crippen LogP contribution in [0.4, 0.5) is 11.4 Å². The molecule has 0 aliphatic heterocycles. The molecule has 0 saturated carbocycles. The molecule has 0 aliphatic carbocycles. The fraction of sp³-hybridized carbons (Fsp3) is 0.263. The summed E-state index contributed by atoms with van der Waals surface area (Å²) in [6.07, 6.45) is 0.988. The highest BCUT2D eigenvalue weighted by molar-refractivity contribution is 6.30. The number of anilines is 2. The lowest BCUT2D eigenvalue weighted by Gasteiger charge is -2.11. The molecule has 2 rings (SSSR count). The van der Waals surface area contributed by atoms with Crippen molar-refractivity contribution in [3.63, 3.8) is 0 Å². The Bertz CT molecular complexity index is 762. The number of carbonyl (C=O) groups is 2. The van der Waals surface area contributed by atoms with E-state index in [2.05, 4.69) is 10.6 Å². The van der Waals surface area contributed by atoms with E-state index in [4.69, 9.17) is 16.3 Å². The van der Waals surface area contributed by atoms with E-state index in [1.165, 1.54) is 7.11 Å². The predicted molar refractivity (Wildman–Crippen MR) is 100 cm³/mol. The van der Waals surface area contributed by atoms with Crippen LogP contribution >= 0.6 is 11.6 Å². The summed E-state index contributed by atoms with van der Waals surface area (Å²) < 4.78 is 4.79. The molecule has 132 valence electrons. The molecular formula is C19H21ClN2O3. The van der Waals surface area contributed by atoms with Crippen LogP contribution in [0.2, 0.25) is 5.02 Å². The molecule has 2 amide bonds. The number of rotatable bonds is 7. The van der Waals surface area contributed by atoms with Gasteiger partial charge in [0.1, 0.15) is 6.61 Å². The van der Waals surface area contributed by atoms with Crippen LogP contribution in [0.15, 0.2) is 42.5 Å². The molecule has 6 heteroatoms. The Morgan fingerprint density at radius 1 is 1.08 bits per heavy atom. The first-order valence-electron chi connectivity index (χ1n) is 7.91. The van der Waals surface area contributed by atoms with E-state index in [0.29, 0.717) is 29.2 Å². The van der Waals surface area contributed by atoms with Gasteiger partial charge in [-0.05, 0) is 54.8 Å². The molecular weight excluding hydrogens is 340 g/mol. The van der Waals surface area contributed by atoms with Gasteiger partial charge in [0.2, 0.25) is 11.8 Å². The Labute approximate surface area is 152 Å². The van der Waals surface area contributed by atoms with Crippen LogP contribution in [-0.2, 0) is 20.7 Å². The van der Waals surface area contributed by atoms with Crippen LogP contribution in [0, 0.1) is 6.92 Å². The van der Waals surface area contributed by atoms with Crippen molar-refractivity contribution in [2.45, 2.75) is 19.8 Å². The van der Waals surface area contributed by atoms with Gasteiger partial charge in [-0.3, -0.25) is 9.59 Å². The van der Waals surface area contributed by atoms with Crippen molar-refractivity contribution in [2.75, 3.05) is 24.4 Å². The summed E-state index contributed by atoms with van der Waals surface area (Å²) >= 11 is 5.94. The Balaban J connectivity index is 1.90. The summed E-state index contributed by atoms with van der Waals surface area (Å²) in [5, 5.41) is 6.28. The Hall–Kier alpha value is -2.37. The van der Waals surface area contributed by atoms with Crippen molar-refractivity contribution >= 4 is 34.8 Å². The molecule has 0 bridgehead atoms. The first kappa shape index (κ1) is 19.0. The van der Waals surface area contributed by atoms with E-state index in [-0.39, 0.29) is 18.4 Å². The molecule has 0 atom stereocenters. The van der Waals surface area contributed by atoms with Crippen LogP contribution in [0.25, 0.3) is 0 Å². The van der Waals surface area contributed by atoms with Crippen LogP contribution < -0.4 is 10.6 Å². The zero-order valence-corrected chi connectivity index (χ0v) is 15.0. The summed E-state index contributed by atoms with van der Waals surface area (Å²) in [4.78, 5) is 23.7. The second-order valence-electron chi connectivity index (χ2n) is 5.69. The van der Waals surface area contributed by atoms with Gasteiger partial charge in [0, 0.05) is 29.9 Å². The molecule has 25 heavy (non-hydrogen) atoms. The standard InChI is InChI=1S/C19H21ClN2O3/c1-13-10-16(7-8-17(13)22-19(24)12-25-2)21-18(23)9-6-14-4-3-5-15(20)11-14/h3-5,7-8,10-11H,6,9,12H2,1-2H3,(H,21,23)(H,22,24). The molecule has 0 unspecified atom stereocenters. The van der Waals surface area contributed by atoms with E-state index in [1.54, 1.807) is 18.2 Å². The topological polar surface area (TPSA) is 67.4 Å². The Morgan fingerprint density at radius 2 is 1.88 bits per heavy atom. The molecule has 5 nitrogen and oxygen atoms in total. The van der Waals surface area contributed by atoms with Crippen molar-refractivity contribution in [3.05, 3.63) is 58.6 Å². The Morgan fingerprint density at radius 3 is 2.56 bits per heavy atom. The molecule has 0 heterocycles. The van der Waals surface area contributed by atoms with Crippen molar-refractivity contribution in [1.29, 1.82) is 0 Å². The second-order valence-corrected chi connectivity index (χ2v) is 6.13. The molecule has 0 aliphatic rings. The summed E-state index contributed by atoms with van der Waals surface area (Å²) in [5.74, 6) is -0.292. The number of halogens is 1. The van der Waals surface area contributed by atoms with Crippen LogP contribution in [0.3, 0.4) is 0 Å². The molecule has 0 radical (unpaired) electrons. The number of carbonyl (C=O) groups excluding carboxylic acids is 2. The van der Waals surface area contributed by atoms with E-state index >= 15 is 0 Å². The van der Waals surface area contributed by atoms with Gasteiger partial charge in [0.05, 0.1) is 0 Å². The molecule has 0 aromatic heterocycles. The molecule has 2 aromatic rings. The minimum atomic E-state index is -0.219. The highest BCUT2D eigenvalue weighted by Gasteiger charge is 2.07. The summed E-state index contributed by atoms with van der Waals surface area (Å²) in [5.41, 5.74) is 3.27. The maximum Gasteiger partial charge on any atom is 0.250 e. The number of ether oxygens (including phenoxy) is 1. The van der Waals surface area contributed by atoms with E-state index < -0.39 is 0 Å². The fourth-order valence-electron chi connectivity index (χ4n) is 2.37. The smallest absolute Gasteiger partial charge is 0.250 e. The van der Waals surface area contributed by atoms with E-state index in [0.717, 1.165) is 11.1 Å². The lowest BCUT2D eigenvalue weighted by atomic mass is 10.1. The quantitative estimate of drug-likeness (QED) is 0.789. The maximum atomic E-state index is 12.1. The highest BCUT2D eigenvalue weighted by atomic mass is 35.5. The summed E-state index contributed by atoms with van der Waals surface area (Å²) in [6.45, 7) is 1.87. The van der Waals surface area contributed by atoms with Gasteiger partial charge in [-0.1, -0.05) is 23.7 Å². The van der Waals surface area contributed by atoms with Crippen molar-refractivity contribution < 1.29 is 14.3 Å². The summed E-state index contributed by atoms with van der Waals surface area (Å²) in [7, 11) is 1.47. The van der Waals surface area contributed by atoms with Gasteiger partial charge < -0.3 is 15.4 Å². The van der Waals surface area contributed by atoms with Gasteiger partial charge in [0.15, 0.2) is 0 Å². The van der Waals surface area contributed by atoms with Gasteiger partial charge in [-0.25, -0.2) is 0 Å². The zero-order valence-electron chi connectivity index (χ0n) is 14.3. The van der Waals surface area contributed by atoms with Crippen LogP contribution in [0.5, 0.6) is 0 Å². The van der Waals surface area contributed by atoms with Gasteiger partial charge in [0.25, 0.3) is 0 Å². The fourth-order valence-corrected chi connectivity index (χ4v) is 2.59.